The van der Waals surface area contributed by atoms with E-state index in [9.17, 15) is 9.59 Å². The van der Waals surface area contributed by atoms with Gasteiger partial charge in [0.2, 0.25) is 0 Å². The minimum Gasteiger partial charge on any atom is -0.378 e. The molecule has 9 nitrogen and oxygen atoms in total. The van der Waals surface area contributed by atoms with Crippen LogP contribution in [0.25, 0.3) is 5.69 Å². The third kappa shape index (κ3) is 6.08. The molecule has 0 bridgehead atoms. The van der Waals surface area contributed by atoms with Crippen LogP contribution >= 0.6 is 11.6 Å². The van der Waals surface area contributed by atoms with Crippen molar-refractivity contribution in [3.05, 3.63) is 95.8 Å². The lowest BCUT2D eigenvalue weighted by Gasteiger charge is -2.28. The Morgan fingerprint density at radius 3 is 2.41 bits per heavy atom. The number of anilines is 4. The Morgan fingerprint density at radius 2 is 1.62 bits per heavy atom. The van der Waals surface area contributed by atoms with E-state index in [4.69, 9.17) is 16.3 Å². The highest BCUT2D eigenvalue weighted by molar-refractivity contribution is 6.33. The lowest BCUT2D eigenvalue weighted by atomic mass is 10.1. The molecule has 10 heteroatoms. The number of para-hydroxylation sites is 1. The summed E-state index contributed by atoms with van der Waals surface area (Å²) in [6, 6.07) is 21.4. The molecule has 1 aliphatic rings. The number of aromatic nitrogens is 2. The zero-order valence-corrected chi connectivity index (χ0v) is 20.6. The molecule has 1 aromatic heterocycles. The summed E-state index contributed by atoms with van der Waals surface area (Å²) in [5.74, 6) is -0.231. The average Bonchev–Trinajstić information content (AvgIpc) is 3.39. The number of benzene rings is 3. The number of urea groups is 1. The molecule has 3 amide bonds. The fraction of sp³-hybridized carbons (Fsp3) is 0.148. The van der Waals surface area contributed by atoms with Crippen molar-refractivity contribution < 1.29 is 14.3 Å². The third-order valence-corrected chi connectivity index (χ3v) is 6.17. The largest absolute Gasteiger partial charge is 0.378 e. The highest BCUT2D eigenvalue weighted by Gasteiger charge is 2.13. The van der Waals surface area contributed by atoms with E-state index in [0.29, 0.717) is 33.3 Å². The van der Waals surface area contributed by atoms with Crippen molar-refractivity contribution in [1.29, 1.82) is 0 Å². The molecule has 0 unspecified atom stereocenters. The maximum atomic E-state index is 12.9. The molecule has 188 valence electrons. The quantitative estimate of drug-likeness (QED) is 0.324. The number of hydrogen-bond donors (Lipinski definition) is 3. The van der Waals surface area contributed by atoms with Gasteiger partial charge in [-0.3, -0.25) is 4.79 Å². The van der Waals surface area contributed by atoms with E-state index in [2.05, 4.69) is 25.9 Å². The zero-order chi connectivity index (χ0) is 25.6. The maximum Gasteiger partial charge on any atom is 0.323 e. The van der Waals surface area contributed by atoms with Crippen LogP contribution in [-0.2, 0) is 4.74 Å². The first-order valence-corrected chi connectivity index (χ1v) is 12.1. The van der Waals surface area contributed by atoms with Crippen molar-refractivity contribution in [2.24, 2.45) is 0 Å². The van der Waals surface area contributed by atoms with Crippen LogP contribution in [0.2, 0.25) is 5.02 Å². The van der Waals surface area contributed by atoms with Gasteiger partial charge < -0.3 is 25.6 Å². The Morgan fingerprint density at radius 1 is 0.838 bits per heavy atom. The van der Waals surface area contributed by atoms with E-state index >= 15 is 0 Å². The van der Waals surface area contributed by atoms with Gasteiger partial charge in [0, 0.05) is 30.0 Å². The van der Waals surface area contributed by atoms with Crippen molar-refractivity contribution in [3.63, 3.8) is 0 Å². The Bertz CT molecular complexity index is 1400. The predicted octanol–water partition coefficient (Wildman–Crippen LogP) is 5.26. The molecule has 0 saturated carbocycles. The topological polar surface area (TPSA) is 101 Å². The SMILES string of the molecule is O=C(Nc1cnn(-c2cccc(C(=O)Nc3ccc(N4CCOCC4)cc3)c2)c1)Nc1ccccc1Cl. The van der Waals surface area contributed by atoms with Crippen LogP contribution in [-0.4, -0.2) is 48.0 Å². The van der Waals surface area contributed by atoms with Crippen molar-refractivity contribution >= 4 is 46.3 Å². The second-order valence-corrected chi connectivity index (χ2v) is 8.79. The molecule has 1 fully saturated rings. The molecule has 0 radical (unpaired) electrons. The van der Waals surface area contributed by atoms with Crippen LogP contribution in [0.15, 0.2) is 85.2 Å². The standard InChI is InChI=1S/C27H25ClN6O3/c28-24-6-1-2-7-25(24)32-27(36)31-21-17-29-34(18-21)23-5-3-4-19(16-23)26(35)30-20-8-10-22(11-9-20)33-12-14-37-15-13-33/h1-11,16-18H,12-15H2,(H,30,35)(H2,31,32,36). The van der Waals surface area contributed by atoms with Crippen LogP contribution in [0.3, 0.4) is 0 Å². The van der Waals surface area contributed by atoms with Gasteiger partial charge in [-0.1, -0.05) is 29.8 Å². The van der Waals surface area contributed by atoms with Gasteiger partial charge in [0.1, 0.15) is 0 Å². The number of carbonyl (C=O) groups is 2. The van der Waals surface area contributed by atoms with Gasteiger partial charge in [-0.05, 0) is 54.6 Å². The summed E-state index contributed by atoms with van der Waals surface area (Å²) in [5.41, 5.74) is 3.96. The summed E-state index contributed by atoms with van der Waals surface area (Å²) in [6.45, 7) is 3.15. The Kier molecular flexibility index (Phi) is 7.34. The third-order valence-electron chi connectivity index (χ3n) is 5.84. The minimum absolute atomic E-state index is 0.231. The average molecular weight is 517 g/mol. The number of nitrogens with zero attached hydrogens (tertiary/aromatic N) is 3. The first-order valence-electron chi connectivity index (χ1n) is 11.8. The summed E-state index contributed by atoms with van der Waals surface area (Å²) in [6.07, 6.45) is 3.18. The molecule has 2 heterocycles. The second kappa shape index (κ2) is 11.2. The Balaban J connectivity index is 1.21. The molecule has 3 aromatic carbocycles. The molecular weight excluding hydrogens is 492 g/mol. The monoisotopic (exact) mass is 516 g/mol. The maximum absolute atomic E-state index is 12.9. The van der Waals surface area contributed by atoms with E-state index in [1.54, 1.807) is 53.3 Å². The van der Waals surface area contributed by atoms with Crippen LogP contribution in [0.4, 0.5) is 27.5 Å². The van der Waals surface area contributed by atoms with Gasteiger partial charge in [-0.15, -0.1) is 0 Å². The number of ether oxygens (including phenoxy) is 1. The smallest absolute Gasteiger partial charge is 0.323 e. The van der Waals surface area contributed by atoms with Crippen LogP contribution in [0.5, 0.6) is 0 Å². The molecular formula is C27H25ClN6O3. The zero-order valence-electron chi connectivity index (χ0n) is 19.9. The number of rotatable bonds is 6. The number of nitrogens with one attached hydrogen (secondary N) is 3. The number of halogens is 1. The van der Waals surface area contributed by atoms with E-state index in [1.807, 2.05) is 30.3 Å². The molecule has 0 aliphatic carbocycles. The summed E-state index contributed by atoms with van der Waals surface area (Å²) in [7, 11) is 0. The van der Waals surface area contributed by atoms with Crippen molar-refractivity contribution in [2.75, 3.05) is 47.2 Å². The van der Waals surface area contributed by atoms with E-state index in [-0.39, 0.29) is 5.91 Å². The number of amides is 3. The summed E-state index contributed by atoms with van der Waals surface area (Å²) < 4.78 is 6.98. The van der Waals surface area contributed by atoms with E-state index in [1.165, 1.54) is 6.20 Å². The molecule has 3 N–H and O–H groups in total. The first kappa shape index (κ1) is 24.4. The fourth-order valence-electron chi connectivity index (χ4n) is 3.95. The van der Waals surface area contributed by atoms with Gasteiger partial charge in [0.25, 0.3) is 5.91 Å². The second-order valence-electron chi connectivity index (χ2n) is 8.38. The van der Waals surface area contributed by atoms with Gasteiger partial charge >= 0.3 is 6.03 Å². The summed E-state index contributed by atoms with van der Waals surface area (Å²) in [5, 5.41) is 13.1. The normalized spacial score (nSPS) is 13.2. The predicted molar refractivity (Wildman–Crippen MR) is 145 cm³/mol. The van der Waals surface area contributed by atoms with Crippen LogP contribution in [0.1, 0.15) is 10.4 Å². The first-order chi connectivity index (χ1) is 18.0. The number of carbonyl (C=O) groups excluding carboxylic acids is 2. The van der Waals surface area contributed by atoms with Gasteiger partial charge in [-0.2, -0.15) is 5.10 Å². The molecule has 0 atom stereocenters. The van der Waals surface area contributed by atoms with Gasteiger partial charge in [0.05, 0.1) is 47.7 Å². The van der Waals surface area contributed by atoms with Crippen molar-refractivity contribution in [2.45, 2.75) is 0 Å². The lowest BCUT2D eigenvalue weighted by Crippen LogP contribution is -2.36. The van der Waals surface area contributed by atoms with Crippen LogP contribution < -0.4 is 20.9 Å². The van der Waals surface area contributed by atoms with E-state index < -0.39 is 6.03 Å². The molecule has 1 saturated heterocycles. The fourth-order valence-corrected chi connectivity index (χ4v) is 4.13. The van der Waals surface area contributed by atoms with E-state index in [0.717, 1.165) is 32.0 Å². The molecule has 0 spiro atoms. The van der Waals surface area contributed by atoms with Gasteiger partial charge in [0.15, 0.2) is 0 Å². The number of morpholine rings is 1. The lowest BCUT2D eigenvalue weighted by molar-refractivity contribution is 0.102. The highest BCUT2D eigenvalue weighted by Crippen LogP contribution is 2.22. The minimum atomic E-state index is -0.444. The Hall–Kier alpha value is -4.34. The summed E-state index contributed by atoms with van der Waals surface area (Å²) in [4.78, 5) is 27.5. The van der Waals surface area contributed by atoms with Crippen molar-refractivity contribution in [3.8, 4) is 5.69 Å². The number of hydrogen-bond acceptors (Lipinski definition) is 5. The Labute approximate surface area is 219 Å². The van der Waals surface area contributed by atoms with Crippen LogP contribution in [0, 0.1) is 0 Å². The molecule has 4 aromatic rings. The van der Waals surface area contributed by atoms with Gasteiger partial charge in [-0.25, -0.2) is 9.48 Å². The molecule has 1 aliphatic heterocycles. The molecule has 5 rings (SSSR count). The molecule has 37 heavy (non-hydrogen) atoms. The highest BCUT2D eigenvalue weighted by atomic mass is 35.5. The summed E-state index contributed by atoms with van der Waals surface area (Å²) >= 11 is 6.09. The van der Waals surface area contributed by atoms with Crippen molar-refractivity contribution in [1.82, 2.24) is 9.78 Å².